The Bertz CT molecular complexity index is 1200. The number of rotatable bonds is 6. The van der Waals surface area contributed by atoms with Crippen LogP contribution in [0.2, 0.25) is 0 Å². The third kappa shape index (κ3) is 4.11. The number of hydrogen-bond donors (Lipinski definition) is 2. The number of nitrogens with one attached hydrogen (secondary N) is 2. The van der Waals surface area contributed by atoms with Crippen LogP contribution in [0.1, 0.15) is 18.5 Å². The lowest BCUT2D eigenvalue weighted by atomic mass is 10.1. The van der Waals surface area contributed by atoms with Crippen LogP contribution in [0.4, 0.5) is 24.8 Å². The van der Waals surface area contributed by atoms with Crippen molar-refractivity contribution in [1.29, 1.82) is 5.53 Å². The highest BCUT2D eigenvalue weighted by molar-refractivity contribution is 5.64. The van der Waals surface area contributed by atoms with Crippen LogP contribution < -0.4 is 5.32 Å². The van der Waals surface area contributed by atoms with Crippen molar-refractivity contribution in [2.75, 3.05) is 5.32 Å². The number of hydrogen-bond acceptors (Lipinski definition) is 7. The molecule has 0 aliphatic rings. The van der Waals surface area contributed by atoms with Crippen LogP contribution in [0, 0.1) is 5.53 Å². The van der Waals surface area contributed by atoms with Crippen molar-refractivity contribution in [1.82, 2.24) is 29.1 Å². The molecule has 9 nitrogen and oxygen atoms in total. The summed E-state index contributed by atoms with van der Waals surface area (Å²) in [4.78, 5) is 12.7. The summed E-state index contributed by atoms with van der Waals surface area (Å²) < 4.78 is 40.3. The van der Waals surface area contributed by atoms with Gasteiger partial charge in [0.1, 0.15) is 12.2 Å². The summed E-state index contributed by atoms with van der Waals surface area (Å²) in [5.41, 5.74) is 9.76. The minimum atomic E-state index is -4.37. The minimum Gasteiger partial charge on any atom is -0.360 e. The lowest BCUT2D eigenvalue weighted by Crippen LogP contribution is -2.17. The molecule has 154 valence electrons. The number of anilines is 1. The largest absolute Gasteiger partial charge is 0.408 e. The molecule has 0 aliphatic heterocycles. The van der Waals surface area contributed by atoms with Crippen LogP contribution in [0.15, 0.2) is 54.4 Å². The summed E-state index contributed by atoms with van der Waals surface area (Å²) in [5, 5.41) is 10.3. The fraction of sp³-hybridized carbons (Fsp3) is 0.222. The van der Waals surface area contributed by atoms with Gasteiger partial charge < -0.3 is 9.72 Å². The molecule has 0 aliphatic carbocycles. The summed E-state index contributed by atoms with van der Waals surface area (Å²) in [6.45, 7) is 0.709. The van der Waals surface area contributed by atoms with Gasteiger partial charge in [-0.05, 0) is 18.6 Å². The molecule has 0 saturated carbocycles. The van der Waals surface area contributed by atoms with Crippen LogP contribution >= 0.6 is 0 Å². The van der Waals surface area contributed by atoms with E-state index in [1.807, 2.05) is 35.9 Å². The maximum Gasteiger partial charge on any atom is 0.408 e. The van der Waals surface area contributed by atoms with Crippen molar-refractivity contribution in [2.45, 2.75) is 25.7 Å². The molecule has 2 N–H and O–H groups in total. The second kappa shape index (κ2) is 7.54. The van der Waals surface area contributed by atoms with Crippen LogP contribution in [0.25, 0.3) is 16.9 Å². The Labute approximate surface area is 168 Å². The Kier molecular flexibility index (Phi) is 4.90. The van der Waals surface area contributed by atoms with Crippen molar-refractivity contribution in [3.8, 4) is 11.3 Å². The molecule has 4 rings (SSSR count). The third-order valence-electron chi connectivity index (χ3n) is 4.39. The molecule has 0 aromatic carbocycles. The quantitative estimate of drug-likeness (QED) is 0.454. The van der Waals surface area contributed by atoms with Crippen LogP contribution in [0.3, 0.4) is 0 Å². The lowest BCUT2D eigenvalue weighted by molar-refractivity contribution is -0.142. The molecule has 12 heteroatoms. The predicted octanol–water partition coefficient (Wildman–Crippen LogP) is 4.39. The summed E-state index contributed by atoms with van der Waals surface area (Å²) in [6.07, 6.45) is 4.94. The average Bonchev–Trinajstić information content (AvgIpc) is 3.35. The van der Waals surface area contributed by atoms with Gasteiger partial charge in [-0.15, -0.1) is 5.11 Å². The molecular formula is C18H16F3N9. The van der Waals surface area contributed by atoms with E-state index >= 15 is 0 Å². The van der Waals surface area contributed by atoms with Crippen LogP contribution in [-0.2, 0) is 6.54 Å². The van der Waals surface area contributed by atoms with Gasteiger partial charge in [0, 0.05) is 30.4 Å². The van der Waals surface area contributed by atoms with E-state index in [1.54, 1.807) is 6.20 Å². The van der Waals surface area contributed by atoms with E-state index in [-0.39, 0.29) is 17.7 Å². The molecule has 4 aromatic heterocycles. The van der Waals surface area contributed by atoms with Gasteiger partial charge >= 0.3 is 6.18 Å². The first-order valence-corrected chi connectivity index (χ1v) is 8.85. The fourth-order valence-electron chi connectivity index (χ4n) is 2.95. The van der Waals surface area contributed by atoms with E-state index < -0.39 is 12.7 Å². The second-order valence-electron chi connectivity index (χ2n) is 6.60. The minimum absolute atomic E-state index is 0.0667. The normalized spacial score (nSPS) is 12.8. The van der Waals surface area contributed by atoms with Crippen molar-refractivity contribution in [2.24, 2.45) is 5.11 Å². The lowest BCUT2D eigenvalue weighted by Gasteiger charge is -2.16. The van der Waals surface area contributed by atoms with E-state index in [9.17, 15) is 13.2 Å². The zero-order chi connectivity index (χ0) is 21.3. The SMILES string of the molecule is CC(Nc1nc(-c2cnn(CC(F)(F)F)c2)cnc1N=N)c1ccc2nccn2c1. The molecule has 0 fully saturated rings. The van der Waals surface area contributed by atoms with Crippen molar-refractivity contribution >= 4 is 17.3 Å². The molecule has 0 saturated heterocycles. The molecule has 1 atom stereocenters. The first-order chi connectivity index (χ1) is 14.3. The van der Waals surface area contributed by atoms with E-state index in [4.69, 9.17) is 5.53 Å². The Morgan fingerprint density at radius 2 is 2.03 bits per heavy atom. The summed E-state index contributed by atoms with van der Waals surface area (Å²) in [7, 11) is 0. The number of alkyl halides is 3. The highest BCUT2D eigenvalue weighted by Crippen LogP contribution is 2.28. The van der Waals surface area contributed by atoms with Gasteiger partial charge in [0.15, 0.2) is 5.82 Å². The number of halogens is 3. The monoisotopic (exact) mass is 415 g/mol. The van der Waals surface area contributed by atoms with Gasteiger partial charge in [0.2, 0.25) is 5.82 Å². The van der Waals surface area contributed by atoms with E-state index in [2.05, 4.69) is 30.5 Å². The highest BCUT2D eigenvalue weighted by Gasteiger charge is 2.28. The zero-order valence-corrected chi connectivity index (χ0v) is 15.7. The molecule has 1 unspecified atom stereocenters. The summed E-state index contributed by atoms with van der Waals surface area (Å²) in [5.74, 6) is 0.307. The van der Waals surface area contributed by atoms with Gasteiger partial charge in [0.05, 0.1) is 24.1 Å². The first kappa shape index (κ1) is 19.5. The summed E-state index contributed by atoms with van der Waals surface area (Å²) in [6, 6.07) is 3.57. The molecule has 4 heterocycles. The molecule has 0 spiro atoms. The van der Waals surface area contributed by atoms with Crippen molar-refractivity contribution in [3.05, 3.63) is 54.9 Å². The van der Waals surface area contributed by atoms with Crippen molar-refractivity contribution in [3.63, 3.8) is 0 Å². The van der Waals surface area contributed by atoms with Crippen LogP contribution in [0.5, 0.6) is 0 Å². The highest BCUT2D eigenvalue weighted by atomic mass is 19.4. The van der Waals surface area contributed by atoms with Crippen LogP contribution in [-0.4, -0.2) is 35.3 Å². The van der Waals surface area contributed by atoms with Gasteiger partial charge in [-0.1, -0.05) is 6.07 Å². The van der Waals surface area contributed by atoms with E-state index in [0.29, 0.717) is 11.3 Å². The number of pyridine rings is 1. The van der Waals surface area contributed by atoms with Crippen molar-refractivity contribution < 1.29 is 13.2 Å². The predicted molar refractivity (Wildman–Crippen MR) is 101 cm³/mol. The third-order valence-corrected chi connectivity index (χ3v) is 4.39. The molecule has 0 bridgehead atoms. The Hall–Kier alpha value is -3.83. The van der Waals surface area contributed by atoms with E-state index in [0.717, 1.165) is 15.9 Å². The Balaban J connectivity index is 1.60. The number of aromatic nitrogens is 6. The molecule has 0 radical (unpaired) electrons. The Morgan fingerprint density at radius 3 is 2.80 bits per heavy atom. The number of nitrogens with zero attached hydrogens (tertiary/aromatic N) is 7. The number of fused-ring (bicyclic) bond motifs is 1. The fourth-order valence-corrected chi connectivity index (χ4v) is 2.95. The zero-order valence-electron chi connectivity index (χ0n) is 15.7. The van der Waals surface area contributed by atoms with Gasteiger partial charge in [-0.25, -0.2) is 20.5 Å². The molecule has 30 heavy (non-hydrogen) atoms. The smallest absolute Gasteiger partial charge is 0.360 e. The molecule has 0 amide bonds. The molecular weight excluding hydrogens is 399 g/mol. The Morgan fingerprint density at radius 1 is 1.20 bits per heavy atom. The standard InChI is InChI=1S/C18H16F3N9/c1-11(12-2-3-15-23-4-5-29(15)8-12)26-17-16(28-22)24-7-14(27-17)13-6-25-30(9-13)10-18(19,20)21/h2-9,11,22H,10H2,1H3,(H,26,27). The van der Waals surface area contributed by atoms with Gasteiger partial charge in [0.25, 0.3) is 0 Å². The number of imidazole rings is 1. The average molecular weight is 415 g/mol. The van der Waals surface area contributed by atoms with Gasteiger partial charge in [-0.3, -0.25) is 4.68 Å². The summed E-state index contributed by atoms with van der Waals surface area (Å²) >= 11 is 0. The second-order valence-corrected chi connectivity index (χ2v) is 6.60. The topological polar surface area (TPSA) is 109 Å². The first-order valence-electron chi connectivity index (χ1n) is 8.85. The maximum atomic E-state index is 12.6. The molecule has 4 aromatic rings. The van der Waals surface area contributed by atoms with Gasteiger partial charge in [-0.2, -0.15) is 18.3 Å². The van der Waals surface area contributed by atoms with E-state index in [1.165, 1.54) is 18.6 Å². The maximum absolute atomic E-state index is 12.6.